The van der Waals surface area contributed by atoms with Crippen LogP contribution in [-0.2, 0) is 0 Å². The minimum atomic E-state index is -0.104. The van der Waals surface area contributed by atoms with Gasteiger partial charge in [0.2, 0.25) is 5.89 Å². The van der Waals surface area contributed by atoms with Crippen molar-refractivity contribution in [2.45, 2.75) is 56.4 Å². The Morgan fingerprint density at radius 3 is 2.71 bits per heavy atom. The monoisotopic (exact) mass is 325 g/mol. The van der Waals surface area contributed by atoms with Crippen LogP contribution in [0, 0.1) is 0 Å². The molecule has 3 fully saturated rings. The molecule has 7 heteroatoms. The molecule has 2 aliphatic carbocycles. The van der Waals surface area contributed by atoms with Crippen molar-refractivity contribution in [2.75, 3.05) is 6.54 Å². The number of nitrogens with zero attached hydrogens (tertiary/aromatic N) is 5. The lowest BCUT2D eigenvalue weighted by Crippen LogP contribution is -2.32. The zero-order valence-electron chi connectivity index (χ0n) is 13.4. The third-order valence-electron chi connectivity index (χ3n) is 5.03. The van der Waals surface area contributed by atoms with Gasteiger partial charge in [0.1, 0.15) is 11.5 Å². The Morgan fingerprint density at radius 1 is 1.08 bits per heavy atom. The van der Waals surface area contributed by atoms with E-state index in [1.54, 1.807) is 12.3 Å². The Kier molecular flexibility index (Phi) is 3.14. The lowest BCUT2D eigenvalue weighted by atomic mass is 10.2. The summed E-state index contributed by atoms with van der Waals surface area (Å²) >= 11 is 0. The number of amides is 1. The average molecular weight is 325 g/mol. The molecule has 1 saturated heterocycles. The molecule has 0 unspecified atom stereocenters. The molecular weight excluding hydrogens is 306 g/mol. The first-order valence-electron chi connectivity index (χ1n) is 8.77. The first kappa shape index (κ1) is 14.1. The molecule has 1 atom stereocenters. The number of carbonyl (C=O) groups excluding carboxylic acids is 1. The molecule has 0 bridgehead atoms. The number of aromatic nitrogens is 4. The standard InChI is InChI=1S/C17H19N5O2/c23-17(12-7-8-18-14(19-12)10-3-4-10)22-9-1-2-13(22)15-20-16(24-21-15)11-5-6-11/h7-8,10-11,13H,1-6,9H2/t13-/m1/s1. The largest absolute Gasteiger partial charge is 0.339 e. The van der Waals surface area contributed by atoms with E-state index in [1.807, 2.05) is 4.90 Å². The highest BCUT2D eigenvalue weighted by Gasteiger charge is 2.37. The number of rotatable bonds is 4. The normalized spacial score (nSPS) is 23.7. The van der Waals surface area contributed by atoms with Crippen LogP contribution in [0.15, 0.2) is 16.8 Å². The minimum absolute atomic E-state index is 0.0560. The summed E-state index contributed by atoms with van der Waals surface area (Å²) < 4.78 is 5.37. The average Bonchev–Trinajstić information content (AvgIpc) is 3.54. The summed E-state index contributed by atoms with van der Waals surface area (Å²) in [4.78, 5) is 28.1. The lowest BCUT2D eigenvalue weighted by molar-refractivity contribution is 0.0721. The molecule has 0 aromatic carbocycles. The van der Waals surface area contributed by atoms with Crippen molar-refractivity contribution in [3.8, 4) is 0 Å². The third-order valence-corrected chi connectivity index (χ3v) is 5.03. The van der Waals surface area contributed by atoms with Crippen molar-refractivity contribution >= 4 is 5.91 Å². The highest BCUT2D eigenvalue weighted by atomic mass is 16.5. The topological polar surface area (TPSA) is 85.0 Å². The van der Waals surface area contributed by atoms with Crippen LogP contribution >= 0.6 is 0 Å². The predicted octanol–water partition coefficient (Wildman–Crippen LogP) is 2.59. The molecule has 7 nitrogen and oxygen atoms in total. The van der Waals surface area contributed by atoms with Crippen LogP contribution in [-0.4, -0.2) is 37.5 Å². The number of likely N-dealkylation sites (tertiary alicyclic amines) is 1. The fourth-order valence-electron chi connectivity index (χ4n) is 3.34. The van der Waals surface area contributed by atoms with Crippen molar-refractivity contribution in [2.24, 2.45) is 0 Å². The van der Waals surface area contributed by atoms with Crippen LogP contribution in [0.2, 0.25) is 0 Å². The summed E-state index contributed by atoms with van der Waals surface area (Å²) in [7, 11) is 0. The number of hydrogen-bond acceptors (Lipinski definition) is 6. The van der Waals surface area contributed by atoms with Gasteiger partial charge in [-0.25, -0.2) is 9.97 Å². The van der Waals surface area contributed by atoms with Gasteiger partial charge in [-0.05, 0) is 44.6 Å². The van der Waals surface area contributed by atoms with Gasteiger partial charge in [0, 0.05) is 24.6 Å². The van der Waals surface area contributed by atoms with E-state index in [2.05, 4.69) is 20.1 Å². The zero-order valence-corrected chi connectivity index (χ0v) is 13.4. The molecule has 5 rings (SSSR count). The van der Waals surface area contributed by atoms with E-state index in [-0.39, 0.29) is 11.9 Å². The van der Waals surface area contributed by atoms with Gasteiger partial charge in [-0.15, -0.1) is 0 Å². The van der Waals surface area contributed by atoms with Gasteiger partial charge in [-0.2, -0.15) is 4.98 Å². The second-order valence-electron chi connectivity index (χ2n) is 7.00. The molecular formula is C17H19N5O2. The Bertz CT molecular complexity index is 781. The molecule has 2 aromatic heterocycles. The van der Waals surface area contributed by atoms with E-state index in [9.17, 15) is 4.79 Å². The summed E-state index contributed by atoms with van der Waals surface area (Å²) in [5.41, 5.74) is 0.477. The summed E-state index contributed by atoms with van der Waals surface area (Å²) in [5, 5.41) is 4.13. The molecule has 0 radical (unpaired) electrons. The number of hydrogen-bond donors (Lipinski definition) is 0. The Hall–Kier alpha value is -2.31. The van der Waals surface area contributed by atoms with Gasteiger partial charge in [0.05, 0.1) is 6.04 Å². The van der Waals surface area contributed by atoms with E-state index >= 15 is 0 Å². The Balaban J connectivity index is 1.39. The van der Waals surface area contributed by atoms with Crippen LogP contribution in [0.25, 0.3) is 0 Å². The quantitative estimate of drug-likeness (QED) is 0.859. The number of carbonyl (C=O) groups is 1. The SMILES string of the molecule is O=C(c1ccnc(C2CC2)n1)N1CCC[C@@H]1c1noc(C2CC2)n1. The molecule has 2 aromatic rings. The van der Waals surface area contributed by atoms with E-state index in [0.717, 1.165) is 50.2 Å². The molecule has 3 aliphatic rings. The highest BCUT2D eigenvalue weighted by Crippen LogP contribution is 2.40. The van der Waals surface area contributed by atoms with Gasteiger partial charge in [-0.3, -0.25) is 4.79 Å². The van der Waals surface area contributed by atoms with Gasteiger partial charge in [0.15, 0.2) is 5.82 Å². The van der Waals surface area contributed by atoms with Gasteiger partial charge in [0.25, 0.3) is 5.91 Å². The first-order chi connectivity index (χ1) is 11.8. The van der Waals surface area contributed by atoms with Crippen molar-refractivity contribution < 1.29 is 9.32 Å². The van der Waals surface area contributed by atoms with Crippen LogP contribution in [0.1, 0.15) is 84.4 Å². The summed E-state index contributed by atoms with van der Waals surface area (Å²) in [6, 6.07) is 1.60. The molecule has 2 saturated carbocycles. The first-order valence-corrected chi connectivity index (χ1v) is 8.77. The van der Waals surface area contributed by atoms with Crippen molar-refractivity contribution in [1.29, 1.82) is 0 Å². The highest BCUT2D eigenvalue weighted by molar-refractivity contribution is 5.92. The maximum absolute atomic E-state index is 12.9. The third kappa shape index (κ3) is 2.48. The Morgan fingerprint density at radius 2 is 1.92 bits per heavy atom. The van der Waals surface area contributed by atoms with Crippen LogP contribution in [0.5, 0.6) is 0 Å². The minimum Gasteiger partial charge on any atom is -0.339 e. The summed E-state index contributed by atoms with van der Waals surface area (Å²) in [6.07, 6.45) is 8.01. The van der Waals surface area contributed by atoms with Gasteiger partial charge >= 0.3 is 0 Å². The molecule has 124 valence electrons. The van der Waals surface area contributed by atoms with Crippen LogP contribution < -0.4 is 0 Å². The second-order valence-corrected chi connectivity index (χ2v) is 7.00. The fourth-order valence-corrected chi connectivity index (χ4v) is 3.34. The maximum Gasteiger partial charge on any atom is 0.273 e. The maximum atomic E-state index is 12.9. The van der Waals surface area contributed by atoms with Gasteiger partial charge < -0.3 is 9.42 Å². The molecule has 0 spiro atoms. The van der Waals surface area contributed by atoms with Crippen LogP contribution in [0.4, 0.5) is 0 Å². The van der Waals surface area contributed by atoms with Crippen LogP contribution in [0.3, 0.4) is 0 Å². The summed E-state index contributed by atoms with van der Waals surface area (Å²) in [6.45, 7) is 0.708. The van der Waals surface area contributed by atoms with Gasteiger partial charge in [-0.1, -0.05) is 5.16 Å². The van der Waals surface area contributed by atoms with Crippen molar-refractivity contribution in [1.82, 2.24) is 25.0 Å². The fraction of sp³-hybridized carbons (Fsp3) is 0.588. The van der Waals surface area contributed by atoms with Crippen molar-refractivity contribution in [3.05, 3.63) is 35.5 Å². The zero-order chi connectivity index (χ0) is 16.1. The van der Waals surface area contributed by atoms with E-state index in [4.69, 9.17) is 4.52 Å². The van der Waals surface area contributed by atoms with E-state index in [1.165, 1.54) is 0 Å². The summed E-state index contributed by atoms with van der Waals surface area (Å²) in [5.74, 6) is 2.97. The molecule has 1 aliphatic heterocycles. The lowest BCUT2D eigenvalue weighted by Gasteiger charge is -2.21. The smallest absolute Gasteiger partial charge is 0.273 e. The molecule has 3 heterocycles. The van der Waals surface area contributed by atoms with E-state index < -0.39 is 0 Å². The molecule has 0 N–H and O–H groups in total. The second kappa shape index (κ2) is 5.36. The predicted molar refractivity (Wildman–Crippen MR) is 83.3 cm³/mol. The Labute approximate surface area is 139 Å². The van der Waals surface area contributed by atoms with Crippen molar-refractivity contribution in [3.63, 3.8) is 0 Å². The van der Waals surface area contributed by atoms with E-state index in [0.29, 0.717) is 29.9 Å². The molecule has 1 amide bonds. The molecule has 24 heavy (non-hydrogen) atoms.